The molecule has 0 nitrogen and oxygen atoms in total. The highest BCUT2D eigenvalue weighted by Gasteiger charge is 2.25. The first kappa shape index (κ1) is 16.9. The molecule has 19 heavy (non-hydrogen) atoms. The fourth-order valence-electron chi connectivity index (χ4n) is 3.53. The Labute approximate surface area is 124 Å². The van der Waals surface area contributed by atoms with E-state index in [2.05, 4.69) is 27.7 Å². The largest absolute Gasteiger partial charge is 0.0765 e. The molecule has 1 heterocycles. The molecule has 5 heteroatoms. The maximum Gasteiger partial charge on any atom is 0.00489 e. The average molecular weight is 354 g/mol. The quantitative estimate of drug-likeness (QED) is 0.494. The van der Waals surface area contributed by atoms with Crippen LogP contribution in [0.4, 0.5) is 0 Å². The molecule has 1 aliphatic rings. The molecule has 4 atom stereocenters. The molecule has 4 unspecified atom stereocenters. The third-order valence-electron chi connectivity index (χ3n) is 4.31. The van der Waals surface area contributed by atoms with Crippen LogP contribution >= 0.6 is 34.4 Å². The van der Waals surface area contributed by atoms with E-state index in [1.165, 1.54) is 5.66 Å². The summed E-state index contributed by atoms with van der Waals surface area (Å²) in [7, 11) is 0. The van der Waals surface area contributed by atoms with Gasteiger partial charge in [-0.05, 0) is 37.5 Å². The third-order valence-corrected chi connectivity index (χ3v) is 52.0. The van der Waals surface area contributed by atoms with E-state index in [0.29, 0.717) is 34.4 Å². The van der Waals surface area contributed by atoms with Crippen molar-refractivity contribution in [2.24, 2.45) is 0 Å². The molecule has 0 bridgehead atoms. The molecule has 2 rings (SSSR count). The van der Waals surface area contributed by atoms with Gasteiger partial charge in [-0.3, -0.25) is 0 Å². The van der Waals surface area contributed by atoms with Gasteiger partial charge in [0.25, 0.3) is 0 Å². The predicted molar refractivity (Wildman–Crippen MR) is 102 cm³/mol. The maximum atomic E-state index is 2.55. The van der Waals surface area contributed by atoms with Crippen LogP contribution in [0.3, 0.4) is 0 Å². The Hall–Kier alpha value is 1.50. The van der Waals surface area contributed by atoms with E-state index in [0.717, 1.165) is 0 Å². The molecule has 1 aromatic rings. The van der Waals surface area contributed by atoms with Crippen molar-refractivity contribution in [1.29, 1.82) is 0 Å². The van der Waals surface area contributed by atoms with Crippen molar-refractivity contribution in [1.82, 2.24) is 0 Å². The lowest BCUT2D eigenvalue weighted by atomic mass is 10.0. The van der Waals surface area contributed by atoms with Gasteiger partial charge in [0, 0.05) is 5.66 Å². The zero-order valence-corrected chi connectivity index (χ0v) is 17.6. The zero-order chi connectivity index (χ0) is 13.8. The van der Waals surface area contributed by atoms with Gasteiger partial charge in [0.1, 0.15) is 0 Å². The Morgan fingerprint density at radius 1 is 0.632 bits per heavy atom. The van der Waals surface area contributed by atoms with Gasteiger partial charge in [0.05, 0.1) is 0 Å². The molecule has 1 saturated carbocycles. The van der Waals surface area contributed by atoms with Gasteiger partial charge in [-0.1, -0.05) is 81.4 Å². The summed E-state index contributed by atoms with van der Waals surface area (Å²) < 4.78 is 0. The maximum absolute atomic E-state index is 2.55. The lowest BCUT2D eigenvalue weighted by Crippen LogP contribution is -1.96. The minimum absolute atomic E-state index is 0.504. The van der Waals surface area contributed by atoms with Gasteiger partial charge in [-0.25, -0.2) is 0 Å². The number of hydrogen-bond donors (Lipinski definition) is 0. The summed E-state index contributed by atoms with van der Waals surface area (Å²) in [4.78, 5) is 0. The first-order valence-corrected chi connectivity index (χ1v) is 19.2. The van der Waals surface area contributed by atoms with Crippen molar-refractivity contribution in [2.75, 3.05) is 0 Å². The van der Waals surface area contributed by atoms with Crippen LogP contribution in [-0.2, 0) is 24.6 Å². The Kier molecular flexibility index (Phi) is 7.29. The van der Waals surface area contributed by atoms with Crippen LogP contribution < -0.4 is 0 Å². The SMILES string of the molecule is CCp1p(CC)p(CC)p(C2CCCCC2)p1CC. The summed E-state index contributed by atoms with van der Waals surface area (Å²) in [5, 5.41) is 0. The molecule has 1 aromatic heterocycles. The molecule has 0 saturated heterocycles. The molecular weight excluding hydrogens is 323 g/mol. The molecule has 0 amide bonds. The lowest BCUT2D eigenvalue weighted by Gasteiger charge is -2.25. The molecule has 112 valence electrons. The van der Waals surface area contributed by atoms with E-state index in [1.807, 2.05) is 0 Å². The van der Waals surface area contributed by atoms with Gasteiger partial charge in [-0.2, -0.15) is 0 Å². The van der Waals surface area contributed by atoms with E-state index < -0.39 is 0 Å². The second kappa shape index (κ2) is 8.22. The van der Waals surface area contributed by atoms with Gasteiger partial charge in [0.2, 0.25) is 0 Å². The molecule has 1 fully saturated rings. The Bertz CT molecular complexity index is 388. The normalized spacial score (nSPS) is 21.8. The molecule has 0 aliphatic heterocycles. The van der Waals surface area contributed by atoms with E-state index in [4.69, 9.17) is 0 Å². The second-order valence-corrected chi connectivity index (χ2v) is 31.2. The Balaban J connectivity index is 2.52. The molecule has 0 spiro atoms. The van der Waals surface area contributed by atoms with Crippen LogP contribution in [0.2, 0.25) is 0 Å². The Morgan fingerprint density at radius 3 is 1.42 bits per heavy atom. The monoisotopic (exact) mass is 354 g/mol. The smallest absolute Gasteiger partial charge is 0.00489 e. The summed E-state index contributed by atoms with van der Waals surface area (Å²) in [5.41, 5.74) is 1.23. The van der Waals surface area contributed by atoms with Crippen LogP contribution in [0.5, 0.6) is 0 Å². The summed E-state index contributed by atoms with van der Waals surface area (Å²) in [6, 6.07) is 0. The van der Waals surface area contributed by atoms with Gasteiger partial charge in [0.15, 0.2) is 0 Å². The standard InChI is InChI=1S/C14H31P5/c1-5-15-16(6-2)18(8-4)19(17(15)7-3)14-12-10-9-11-13-14/h14H,5-13H2,1-4H3. The van der Waals surface area contributed by atoms with E-state index in [-0.39, 0.29) is 0 Å². The minimum atomic E-state index is 0.504. The second-order valence-electron chi connectivity index (χ2n) is 5.37. The minimum Gasteiger partial charge on any atom is -0.0765 e. The summed E-state index contributed by atoms with van der Waals surface area (Å²) in [5.74, 6) is 0. The van der Waals surface area contributed by atoms with Crippen molar-refractivity contribution in [3.63, 3.8) is 0 Å². The van der Waals surface area contributed by atoms with Crippen molar-refractivity contribution < 1.29 is 0 Å². The molecule has 0 N–H and O–H groups in total. The predicted octanol–water partition coefficient (Wildman–Crippen LogP) is 9.33. The third kappa shape index (κ3) is 3.47. The average Bonchev–Trinajstić information content (AvgIpc) is 2.80. The van der Waals surface area contributed by atoms with E-state index in [1.54, 1.807) is 56.8 Å². The first-order chi connectivity index (χ1) is 9.28. The first-order valence-electron chi connectivity index (χ1n) is 8.17. The highest BCUT2D eigenvalue weighted by molar-refractivity contribution is 8.72. The van der Waals surface area contributed by atoms with Crippen molar-refractivity contribution >= 4 is 34.4 Å². The topological polar surface area (TPSA) is 0 Å². The zero-order valence-electron chi connectivity index (χ0n) is 13.2. The van der Waals surface area contributed by atoms with Gasteiger partial charge in [-0.15, -0.1) is 0 Å². The summed E-state index contributed by atoms with van der Waals surface area (Å²) in [6.07, 6.45) is 14.3. The van der Waals surface area contributed by atoms with Crippen LogP contribution in [-0.4, -0.2) is 0 Å². The lowest BCUT2D eigenvalue weighted by molar-refractivity contribution is 0.490. The van der Waals surface area contributed by atoms with E-state index in [9.17, 15) is 0 Å². The number of hydrogen-bond acceptors (Lipinski definition) is 0. The van der Waals surface area contributed by atoms with Crippen molar-refractivity contribution in [3.05, 3.63) is 0 Å². The highest BCUT2D eigenvalue weighted by atomic mass is 32.7. The molecular formula is C14H31P5. The highest BCUT2D eigenvalue weighted by Crippen LogP contribution is 2.92. The van der Waals surface area contributed by atoms with Crippen molar-refractivity contribution in [2.45, 2.75) is 90.1 Å². The van der Waals surface area contributed by atoms with Gasteiger partial charge >= 0.3 is 0 Å². The summed E-state index contributed by atoms with van der Waals surface area (Å²) in [6.45, 7) is 12.7. The fourth-order valence-corrected chi connectivity index (χ4v) is 79.5. The van der Waals surface area contributed by atoms with E-state index >= 15 is 0 Å². The van der Waals surface area contributed by atoms with Crippen LogP contribution in [0.15, 0.2) is 0 Å². The van der Waals surface area contributed by atoms with Gasteiger partial charge < -0.3 is 0 Å². The fraction of sp³-hybridized carbons (Fsp3) is 1.00. The van der Waals surface area contributed by atoms with Crippen LogP contribution in [0.25, 0.3) is 0 Å². The summed E-state index contributed by atoms with van der Waals surface area (Å²) >= 11 is 0. The molecule has 1 aliphatic carbocycles. The molecule has 0 aromatic carbocycles. The number of rotatable bonds is 5. The van der Waals surface area contributed by atoms with Crippen molar-refractivity contribution in [3.8, 4) is 0 Å². The van der Waals surface area contributed by atoms with Crippen LogP contribution in [0.1, 0.15) is 65.5 Å². The van der Waals surface area contributed by atoms with Crippen LogP contribution in [0, 0.1) is 0 Å². The Morgan fingerprint density at radius 2 is 1.05 bits per heavy atom. The molecule has 0 radical (unpaired) electrons.